The smallest absolute Gasteiger partial charge is 0.251 e. The number of carbonyl (C=O) groups is 2. The SMILES string of the molecule is CCOc1ccc(C(=O)NC(C(=O)NCCC(C)C)C(C)C)cc1. The van der Waals surface area contributed by atoms with Crippen LogP contribution in [0.15, 0.2) is 24.3 Å². The van der Waals surface area contributed by atoms with Crippen molar-refractivity contribution < 1.29 is 14.3 Å². The van der Waals surface area contributed by atoms with E-state index in [2.05, 4.69) is 24.5 Å². The van der Waals surface area contributed by atoms with Gasteiger partial charge in [-0.25, -0.2) is 0 Å². The number of hydrogen-bond acceptors (Lipinski definition) is 3. The summed E-state index contributed by atoms with van der Waals surface area (Å²) in [5, 5.41) is 5.73. The lowest BCUT2D eigenvalue weighted by Crippen LogP contribution is -2.50. The first-order chi connectivity index (χ1) is 11.3. The fraction of sp³-hybridized carbons (Fsp3) is 0.579. The summed E-state index contributed by atoms with van der Waals surface area (Å²) in [7, 11) is 0. The number of nitrogens with one attached hydrogen (secondary N) is 2. The first-order valence-corrected chi connectivity index (χ1v) is 8.66. The molecule has 134 valence electrons. The Balaban J connectivity index is 2.66. The average Bonchev–Trinajstić information content (AvgIpc) is 2.52. The van der Waals surface area contributed by atoms with E-state index < -0.39 is 6.04 Å². The number of benzene rings is 1. The van der Waals surface area contributed by atoms with Crippen LogP contribution < -0.4 is 15.4 Å². The molecular formula is C19H30N2O3. The summed E-state index contributed by atoms with van der Waals surface area (Å²) in [6.45, 7) is 11.2. The van der Waals surface area contributed by atoms with Gasteiger partial charge < -0.3 is 15.4 Å². The van der Waals surface area contributed by atoms with E-state index in [9.17, 15) is 9.59 Å². The van der Waals surface area contributed by atoms with Gasteiger partial charge in [0, 0.05) is 12.1 Å². The third kappa shape index (κ3) is 6.60. The zero-order chi connectivity index (χ0) is 18.1. The minimum Gasteiger partial charge on any atom is -0.494 e. The molecule has 0 aliphatic heterocycles. The van der Waals surface area contributed by atoms with Gasteiger partial charge in [-0.3, -0.25) is 9.59 Å². The molecular weight excluding hydrogens is 304 g/mol. The molecule has 2 amide bonds. The van der Waals surface area contributed by atoms with Gasteiger partial charge in [-0.15, -0.1) is 0 Å². The molecule has 0 radical (unpaired) electrons. The number of hydrogen-bond donors (Lipinski definition) is 2. The Morgan fingerprint density at radius 3 is 2.21 bits per heavy atom. The molecule has 0 saturated carbocycles. The summed E-state index contributed by atoms with van der Waals surface area (Å²) in [6, 6.07) is 6.37. The van der Waals surface area contributed by atoms with E-state index in [1.807, 2.05) is 20.8 Å². The average molecular weight is 334 g/mol. The topological polar surface area (TPSA) is 67.4 Å². The minimum atomic E-state index is -0.545. The molecule has 24 heavy (non-hydrogen) atoms. The van der Waals surface area contributed by atoms with Gasteiger partial charge in [-0.1, -0.05) is 27.7 Å². The standard InChI is InChI=1S/C19H30N2O3/c1-6-24-16-9-7-15(8-10-16)18(22)21-17(14(4)5)19(23)20-12-11-13(2)3/h7-10,13-14,17H,6,11-12H2,1-5H3,(H,20,23)(H,21,22). The minimum absolute atomic E-state index is 0.00991. The quantitative estimate of drug-likeness (QED) is 0.729. The number of carbonyl (C=O) groups excluding carboxylic acids is 2. The van der Waals surface area contributed by atoms with Gasteiger partial charge in [0.15, 0.2) is 0 Å². The van der Waals surface area contributed by atoms with Crippen molar-refractivity contribution >= 4 is 11.8 Å². The summed E-state index contributed by atoms with van der Waals surface area (Å²) in [5.41, 5.74) is 0.513. The second-order valence-corrected chi connectivity index (χ2v) is 6.63. The number of rotatable bonds is 9. The van der Waals surface area contributed by atoms with Crippen molar-refractivity contribution in [1.82, 2.24) is 10.6 Å². The molecule has 0 aromatic heterocycles. The van der Waals surface area contributed by atoms with E-state index in [0.29, 0.717) is 24.6 Å². The van der Waals surface area contributed by atoms with Crippen LogP contribution in [-0.2, 0) is 4.79 Å². The Morgan fingerprint density at radius 2 is 1.71 bits per heavy atom. The first-order valence-electron chi connectivity index (χ1n) is 8.66. The zero-order valence-corrected chi connectivity index (χ0v) is 15.4. The van der Waals surface area contributed by atoms with Crippen LogP contribution in [0, 0.1) is 11.8 Å². The molecule has 0 spiro atoms. The third-order valence-corrected chi connectivity index (χ3v) is 3.68. The van der Waals surface area contributed by atoms with Crippen LogP contribution in [0.5, 0.6) is 5.75 Å². The summed E-state index contributed by atoms with van der Waals surface area (Å²) in [6.07, 6.45) is 0.920. The van der Waals surface area contributed by atoms with Crippen LogP contribution in [0.4, 0.5) is 0 Å². The van der Waals surface area contributed by atoms with E-state index in [1.165, 1.54) is 0 Å². The molecule has 2 N–H and O–H groups in total. The van der Waals surface area contributed by atoms with Crippen molar-refractivity contribution in [3.63, 3.8) is 0 Å². The van der Waals surface area contributed by atoms with Gasteiger partial charge in [0.25, 0.3) is 5.91 Å². The lowest BCUT2D eigenvalue weighted by molar-refractivity contribution is -0.123. The first kappa shape index (κ1) is 20.0. The Kier molecular flexibility index (Phi) is 8.30. The van der Waals surface area contributed by atoms with Crippen molar-refractivity contribution in [2.45, 2.75) is 47.1 Å². The van der Waals surface area contributed by atoms with Crippen LogP contribution in [-0.4, -0.2) is 31.0 Å². The Labute approximate surface area is 145 Å². The molecule has 1 aromatic rings. The predicted octanol–water partition coefficient (Wildman–Crippen LogP) is 3.00. The summed E-state index contributed by atoms with van der Waals surface area (Å²) >= 11 is 0. The Bertz CT molecular complexity index is 524. The van der Waals surface area contributed by atoms with Crippen LogP contribution in [0.2, 0.25) is 0 Å². The molecule has 0 fully saturated rings. The molecule has 0 heterocycles. The maximum atomic E-state index is 12.4. The van der Waals surface area contributed by atoms with Gasteiger partial charge in [-0.2, -0.15) is 0 Å². The molecule has 5 nitrogen and oxygen atoms in total. The van der Waals surface area contributed by atoms with Crippen molar-refractivity contribution in [2.24, 2.45) is 11.8 Å². The van der Waals surface area contributed by atoms with Crippen molar-refractivity contribution in [1.29, 1.82) is 0 Å². The Morgan fingerprint density at radius 1 is 1.08 bits per heavy atom. The van der Waals surface area contributed by atoms with E-state index in [0.717, 1.165) is 12.2 Å². The highest BCUT2D eigenvalue weighted by Gasteiger charge is 2.24. The summed E-state index contributed by atoms with van der Waals surface area (Å²) < 4.78 is 5.37. The largest absolute Gasteiger partial charge is 0.494 e. The van der Waals surface area contributed by atoms with Crippen molar-refractivity contribution in [3.05, 3.63) is 29.8 Å². The lowest BCUT2D eigenvalue weighted by atomic mass is 10.0. The molecule has 1 rings (SSSR count). The van der Waals surface area contributed by atoms with Gasteiger partial charge in [0.2, 0.25) is 5.91 Å². The maximum absolute atomic E-state index is 12.4. The highest BCUT2D eigenvalue weighted by atomic mass is 16.5. The van der Waals surface area contributed by atoms with Gasteiger partial charge in [-0.05, 0) is 49.4 Å². The van der Waals surface area contributed by atoms with Crippen LogP contribution in [0.25, 0.3) is 0 Å². The van der Waals surface area contributed by atoms with E-state index in [4.69, 9.17) is 4.74 Å². The maximum Gasteiger partial charge on any atom is 0.251 e. The molecule has 0 aliphatic rings. The fourth-order valence-electron chi connectivity index (χ4n) is 2.22. The van der Waals surface area contributed by atoms with Crippen molar-refractivity contribution in [2.75, 3.05) is 13.2 Å². The van der Waals surface area contributed by atoms with E-state index >= 15 is 0 Å². The number of ether oxygens (including phenoxy) is 1. The molecule has 5 heteroatoms. The highest BCUT2D eigenvalue weighted by Crippen LogP contribution is 2.13. The molecule has 0 aliphatic carbocycles. The van der Waals surface area contributed by atoms with Gasteiger partial charge >= 0.3 is 0 Å². The molecule has 1 atom stereocenters. The second kappa shape index (κ2) is 9.96. The second-order valence-electron chi connectivity index (χ2n) is 6.63. The monoisotopic (exact) mass is 334 g/mol. The summed E-state index contributed by atoms with van der Waals surface area (Å²) in [5.74, 6) is 0.874. The molecule has 0 saturated heterocycles. The molecule has 1 aromatic carbocycles. The predicted molar refractivity (Wildman–Crippen MR) is 96.2 cm³/mol. The van der Waals surface area contributed by atoms with E-state index in [-0.39, 0.29) is 17.7 Å². The van der Waals surface area contributed by atoms with Gasteiger partial charge in [0.1, 0.15) is 11.8 Å². The fourth-order valence-corrected chi connectivity index (χ4v) is 2.22. The highest BCUT2D eigenvalue weighted by molar-refractivity contribution is 5.97. The van der Waals surface area contributed by atoms with Crippen LogP contribution >= 0.6 is 0 Å². The normalized spacial score (nSPS) is 12.1. The number of amides is 2. The van der Waals surface area contributed by atoms with Crippen LogP contribution in [0.3, 0.4) is 0 Å². The van der Waals surface area contributed by atoms with Crippen LogP contribution in [0.1, 0.15) is 51.4 Å². The van der Waals surface area contributed by atoms with Crippen molar-refractivity contribution in [3.8, 4) is 5.75 Å². The lowest BCUT2D eigenvalue weighted by Gasteiger charge is -2.22. The Hall–Kier alpha value is -2.04. The molecule has 1 unspecified atom stereocenters. The van der Waals surface area contributed by atoms with Gasteiger partial charge in [0.05, 0.1) is 6.61 Å². The zero-order valence-electron chi connectivity index (χ0n) is 15.4. The molecule has 0 bridgehead atoms. The third-order valence-electron chi connectivity index (χ3n) is 3.68. The van der Waals surface area contributed by atoms with E-state index in [1.54, 1.807) is 24.3 Å². The summed E-state index contributed by atoms with van der Waals surface area (Å²) in [4.78, 5) is 24.7.